The van der Waals surface area contributed by atoms with Gasteiger partial charge in [-0.3, -0.25) is 4.68 Å². The second kappa shape index (κ2) is 5.43. The molecule has 2 rings (SSSR count). The van der Waals surface area contributed by atoms with Gasteiger partial charge in [0.25, 0.3) is 0 Å². The molecule has 0 saturated carbocycles. The summed E-state index contributed by atoms with van der Waals surface area (Å²) in [5.74, 6) is 0. The van der Waals surface area contributed by atoms with Crippen LogP contribution in [0.2, 0.25) is 5.02 Å². The second-order valence-corrected chi connectivity index (χ2v) is 5.68. The summed E-state index contributed by atoms with van der Waals surface area (Å²) in [6.45, 7) is 4.11. The van der Waals surface area contributed by atoms with Gasteiger partial charge in [-0.1, -0.05) is 45.7 Å². The van der Waals surface area contributed by atoms with Crippen molar-refractivity contribution in [2.45, 2.75) is 25.9 Å². The molecule has 96 valence electrons. The number of rotatable bonds is 3. The Hall–Kier alpha value is -0.840. The number of nitrogens with zero attached hydrogens (tertiary/aromatic N) is 2. The van der Waals surface area contributed by atoms with E-state index < -0.39 is 0 Å². The largest absolute Gasteiger partial charge is 0.319 e. The van der Waals surface area contributed by atoms with E-state index in [0.717, 1.165) is 15.7 Å². The van der Waals surface area contributed by atoms with E-state index in [1.165, 1.54) is 0 Å². The molecule has 5 heteroatoms. The van der Waals surface area contributed by atoms with Crippen LogP contribution >= 0.6 is 27.5 Å². The summed E-state index contributed by atoms with van der Waals surface area (Å²) in [6, 6.07) is 7.81. The van der Waals surface area contributed by atoms with Crippen LogP contribution in [0.5, 0.6) is 0 Å². The molecule has 2 N–H and O–H groups in total. The van der Waals surface area contributed by atoms with Crippen LogP contribution in [0.1, 0.15) is 37.2 Å². The highest BCUT2D eigenvalue weighted by molar-refractivity contribution is 9.10. The lowest BCUT2D eigenvalue weighted by molar-refractivity contribution is 0.499. The van der Waals surface area contributed by atoms with Crippen molar-refractivity contribution in [2.75, 3.05) is 0 Å². The Morgan fingerprint density at radius 3 is 2.61 bits per heavy atom. The van der Waals surface area contributed by atoms with E-state index in [0.29, 0.717) is 5.02 Å². The molecular weight excluding hydrogens is 314 g/mol. The zero-order valence-corrected chi connectivity index (χ0v) is 12.6. The average molecular weight is 329 g/mol. The molecule has 0 spiro atoms. The zero-order valence-electron chi connectivity index (χ0n) is 10.3. The molecule has 0 aliphatic heterocycles. The van der Waals surface area contributed by atoms with Gasteiger partial charge in [-0.25, -0.2) is 0 Å². The third-order valence-electron chi connectivity index (χ3n) is 2.81. The summed E-state index contributed by atoms with van der Waals surface area (Å²) >= 11 is 9.72. The molecule has 0 amide bonds. The smallest absolute Gasteiger partial charge is 0.0837 e. The second-order valence-electron chi connectivity index (χ2n) is 4.42. The molecule has 0 bridgehead atoms. The van der Waals surface area contributed by atoms with Gasteiger partial charge in [0.05, 0.1) is 23.0 Å². The van der Waals surface area contributed by atoms with Gasteiger partial charge in [-0.15, -0.1) is 0 Å². The molecule has 18 heavy (non-hydrogen) atoms. The first-order valence-corrected chi connectivity index (χ1v) is 6.92. The minimum absolute atomic E-state index is 0.223. The molecule has 1 aromatic carbocycles. The maximum Gasteiger partial charge on any atom is 0.0837 e. The van der Waals surface area contributed by atoms with Crippen LogP contribution in [-0.2, 0) is 0 Å². The maximum absolute atomic E-state index is 6.33. The predicted molar refractivity (Wildman–Crippen MR) is 77.8 cm³/mol. The van der Waals surface area contributed by atoms with Crippen LogP contribution in [0.3, 0.4) is 0 Å². The number of nitrogens with two attached hydrogens (primary N) is 1. The summed E-state index contributed by atoms with van der Waals surface area (Å²) in [5, 5.41) is 4.88. The Morgan fingerprint density at radius 2 is 2.00 bits per heavy atom. The maximum atomic E-state index is 6.33. The van der Waals surface area contributed by atoms with E-state index in [2.05, 4.69) is 34.9 Å². The molecule has 1 unspecified atom stereocenters. The Bertz CT molecular complexity index is 551. The third-order valence-corrected chi connectivity index (χ3v) is 3.82. The van der Waals surface area contributed by atoms with Gasteiger partial charge < -0.3 is 5.73 Å². The van der Waals surface area contributed by atoms with Crippen LogP contribution in [0.15, 0.2) is 34.9 Å². The fourth-order valence-electron chi connectivity index (χ4n) is 1.93. The number of aromatic nitrogens is 2. The molecule has 2 aromatic rings. The lowest BCUT2D eigenvalue weighted by Gasteiger charge is -2.18. The highest BCUT2D eigenvalue weighted by Crippen LogP contribution is 2.31. The standard InChI is InChI=1S/C13H15BrClN3/c1-8(2)18-13(11(15)7-17-18)12(16)9-5-3-4-6-10(9)14/h3-8,12H,16H2,1-2H3. The minimum Gasteiger partial charge on any atom is -0.319 e. The third kappa shape index (κ3) is 2.46. The van der Waals surface area contributed by atoms with Crippen molar-refractivity contribution >= 4 is 27.5 Å². The van der Waals surface area contributed by atoms with Gasteiger partial charge in [0.2, 0.25) is 0 Å². The van der Waals surface area contributed by atoms with Gasteiger partial charge >= 0.3 is 0 Å². The molecule has 1 aromatic heterocycles. The number of halogens is 2. The summed E-state index contributed by atoms with van der Waals surface area (Å²) < 4.78 is 2.84. The number of benzene rings is 1. The number of hydrogen-bond acceptors (Lipinski definition) is 2. The van der Waals surface area contributed by atoms with Crippen molar-refractivity contribution < 1.29 is 0 Å². The zero-order chi connectivity index (χ0) is 13.3. The Kier molecular flexibility index (Phi) is 4.10. The van der Waals surface area contributed by atoms with E-state index in [1.807, 2.05) is 28.9 Å². The minimum atomic E-state index is -0.294. The summed E-state index contributed by atoms with van der Waals surface area (Å²) in [5.41, 5.74) is 8.17. The first-order chi connectivity index (χ1) is 8.52. The van der Waals surface area contributed by atoms with Crippen LogP contribution in [0.4, 0.5) is 0 Å². The Labute approximate surface area is 120 Å². The first-order valence-electron chi connectivity index (χ1n) is 5.75. The predicted octanol–water partition coefficient (Wildman–Crippen LogP) is 3.93. The topological polar surface area (TPSA) is 43.8 Å². The Morgan fingerprint density at radius 1 is 1.33 bits per heavy atom. The van der Waals surface area contributed by atoms with Crippen LogP contribution in [-0.4, -0.2) is 9.78 Å². The van der Waals surface area contributed by atoms with Gasteiger partial charge in [0.1, 0.15) is 0 Å². The lowest BCUT2D eigenvalue weighted by Crippen LogP contribution is -2.19. The molecule has 0 aliphatic carbocycles. The van der Waals surface area contributed by atoms with Crippen LogP contribution in [0.25, 0.3) is 0 Å². The molecule has 3 nitrogen and oxygen atoms in total. The van der Waals surface area contributed by atoms with Gasteiger partial charge in [0, 0.05) is 10.5 Å². The SMILES string of the molecule is CC(C)n1ncc(Cl)c1C(N)c1ccccc1Br. The van der Waals surface area contributed by atoms with Gasteiger partial charge in [-0.05, 0) is 25.5 Å². The summed E-state index contributed by atoms with van der Waals surface area (Å²) in [6.07, 6.45) is 1.65. The van der Waals surface area contributed by atoms with E-state index in [1.54, 1.807) is 6.20 Å². The molecular formula is C13H15BrClN3. The van der Waals surface area contributed by atoms with E-state index in [-0.39, 0.29) is 12.1 Å². The highest BCUT2D eigenvalue weighted by Gasteiger charge is 2.21. The number of hydrogen-bond donors (Lipinski definition) is 1. The average Bonchev–Trinajstić information content (AvgIpc) is 2.71. The summed E-state index contributed by atoms with van der Waals surface area (Å²) in [4.78, 5) is 0. The molecule has 0 radical (unpaired) electrons. The monoisotopic (exact) mass is 327 g/mol. The highest BCUT2D eigenvalue weighted by atomic mass is 79.9. The lowest BCUT2D eigenvalue weighted by atomic mass is 10.0. The fourth-order valence-corrected chi connectivity index (χ4v) is 2.71. The van der Waals surface area contributed by atoms with Crippen molar-refractivity contribution in [3.8, 4) is 0 Å². The van der Waals surface area contributed by atoms with E-state index in [4.69, 9.17) is 17.3 Å². The van der Waals surface area contributed by atoms with Crippen LogP contribution < -0.4 is 5.73 Å². The van der Waals surface area contributed by atoms with Crippen molar-refractivity contribution in [3.05, 3.63) is 51.2 Å². The molecule has 0 saturated heterocycles. The fraction of sp³-hybridized carbons (Fsp3) is 0.308. The van der Waals surface area contributed by atoms with Crippen LogP contribution in [0, 0.1) is 0 Å². The normalized spacial score (nSPS) is 13.0. The van der Waals surface area contributed by atoms with E-state index in [9.17, 15) is 0 Å². The molecule has 1 atom stereocenters. The van der Waals surface area contributed by atoms with E-state index >= 15 is 0 Å². The summed E-state index contributed by atoms with van der Waals surface area (Å²) in [7, 11) is 0. The molecule has 0 aliphatic rings. The Balaban J connectivity index is 2.49. The molecule has 0 fully saturated rings. The van der Waals surface area contributed by atoms with Gasteiger partial charge in [-0.2, -0.15) is 5.10 Å². The van der Waals surface area contributed by atoms with Gasteiger partial charge in [0.15, 0.2) is 0 Å². The quantitative estimate of drug-likeness (QED) is 0.928. The van der Waals surface area contributed by atoms with Crippen molar-refractivity contribution in [1.82, 2.24) is 9.78 Å². The molecule has 1 heterocycles. The first kappa shape index (κ1) is 13.6. The van der Waals surface area contributed by atoms with Crippen molar-refractivity contribution in [2.24, 2.45) is 5.73 Å². The van der Waals surface area contributed by atoms with Crippen molar-refractivity contribution in [1.29, 1.82) is 0 Å². The van der Waals surface area contributed by atoms with Crippen molar-refractivity contribution in [3.63, 3.8) is 0 Å².